The Balaban J connectivity index is 3.18. The van der Waals surface area contributed by atoms with Crippen LogP contribution in [-0.2, 0) is 0 Å². The summed E-state index contributed by atoms with van der Waals surface area (Å²) < 4.78 is 0. The van der Waals surface area contributed by atoms with Gasteiger partial charge in [0.15, 0.2) is 0 Å². The molecule has 5 heteroatoms. The van der Waals surface area contributed by atoms with Crippen LogP contribution < -0.4 is 10.6 Å². The highest BCUT2D eigenvalue weighted by atomic mass is 35.5. The number of rotatable bonds is 3. The number of halogens is 1. The molecule has 0 saturated carbocycles. The normalized spacial score (nSPS) is 11.2. The van der Waals surface area contributed by atoms with E-state index in [-0.39, 0.29) is 5.54 Å². The summed E-state index contributed by atoms with van der Waals surface area (Å²) in [6.45, 7) is 5.90. The van der Waals surface area contributed by atoms with Crippen molar-refractivity contribution < 1.29 is 4.79 Å². The van der Waals surface area contributed by atoms with Crippen LogP contribution in [0.4, 0.5) is 10.5 Å². The summed E-state index contributed by atoms with van der Waals surface area (Å²) in [5.74, 6) is 0. The van der Waals surface area contributed by atoms with Gasteiger partial charge in [0.05, 0.1) is 5.69 Å². The van der Waals surface area contributed by atoms with E-state index >= 15 is 0 Å². The first-order chi connectivity index (χ1) is 7.38. The number of carbonyl (C=O) groups is 1. The van der Waals surface area contributed by atoms with Crippen molar-refractivity contribution in [3.05, 3.63) is 23.5 Å². The van der Waals surface area contributed by atoms with Crippen molar-refractivity contribution in [3.63, 3.8) is 0 Å². The molecule has 0 aliphatic carbocycles. The van der Waals surface area contributed by atoms with E-state index in [0.717, 1.165) is 6.42 Å². The molecule has 0 spiro atoms. The van der Waals surface area contributed by atoms with Crippen LogP contribution in [0.15, 0.2) is 18.3 Å². The van der Waals surface area contributed by atoms with Gasteiger partial charge in [-0.15, -0.1) is 0 Å². The van der Waals surface area contributed by atoms with Gasteiger partial charge in [-0.1, -0.05) is 18.5 Å². The molecule has 1 heterocycles. The standard InChI is InChI=1S/C11H16ClN3O/c1-4-11(2,3)15(10(13)16)8-5-6-14-9(12)7-8/h5-7H,4H2,1-3H3,(H2,13,16). The van der Waals surface area contributed by atoms with Gasteiger partial charge >= 0.3 is 6.03 Å². The summed E-state index contributed by atoms with van der Waals surface area (Å²) in [7, 11) is 0. The average molecular weight is 242 g/mol. The van der Waals surface area contributed by atoms with Crippen molar-refractivity contribution in [1.29, 1.82) is 0 Å². The zero-order valence-corrected chi connectivity index (χ0v) is 10.5. The lowest BCUT2D eigenvalue weighted by Crippen LogP contribution is -2.50. The van der Waals surface area contributed by atoms with E-state index in [0.29, 0.717) is 10.8 Å². The molecule has 2 N–H and O–H groups in total. The molecule has 0 aliphatic rings. The number of amides is 2. The number of hydrogen-bond donors (Lipinski definition) is 1. The fourth-order valence-corrected chi connectivity index (χ4v) is 1.63. The number of urea groups is 1. The molecular weight excluding hydrogens is 226 g/mol. The van der Waals surface area contributed by atoms with E-state index in [1.165, 1.54) is 4.90 Å². The molecule has 0 bridgehead atoms. The zero-order chi connectivity index (χ0) is 12.3. The second-order valence-electron chi connectivity index (χ2n) is 4.18. The van der Waals surface area contributed by atoms with E-state index < -0.39 is 6.03 Å². The summed E-state index contributed by atoms with van der Waals surface area (Å²) in [5, 5.41) is 0.343. The van der Waals surface area contributed by atoms with Crippen LogP contribution in [0.3, 0.4) is 0 Å². The fraction of sp³-hybridized carbons (Fsp3) is 0.455. The lowest BCUT2D eigenvalue weighted by Gasteiger charge is -2.36. The Labute approximate surface area is 100 Å². The number of hydrogen-bond acceptors (Lipinski definition) is 2. The zero-order valence-electron chi connectivity index (χ0n) is 9.70. The van der Waals surface area contributed by atoms with E-state index in [1.807, 2.05) is 20.8 Å². The average Bonchev–Trinajstić information content (AvgIpc) is 2.17. The molecule has 0 aromatic carbocycles. The minimum Gasteiger partial charge on any atom is -0.351 e. The molecule has 4 nitrogen and oxygen atoms in total. The number of anilines is 1. The van der Waals surface area contributed by atoms with Gasteiger partial charge < -0.3 is 5.73 Å². The number of pyridine rings is 1. The Morgan fingerprint density at radius 3 is 2.69 bits per heavy atom. The maximum Gasteiger partial charge on any atom is 0.319 e. The van der Waals surface area contributed by atoms with Crippen LogP contribution in [0, 0.1) is 0 Å². The summed E-state index contributed by atoms with van der Waals surface area (Å²) in [6.07, 6.45) is 2.34. The van der Waals surface area contributed by atoms with Crippen molar-refractivity contribution in [1.82, 2.24) is 4.98 Å². The lowest BCUT2D eigenvalue weighted by molar-refractivity contribution is 0.247. The van der Waals surface area contributed by atoms with Gasteiger partial charge in [0.25, 0.3) is 0 Å². The number of nitrogens with zero attached hydrogens (tertiary/aromatic N) is 2. The van der Waals surface area contributed by atoms with Gasteiger partial charge in [-0.05, 0) is 32.4 Å². The van der Waals surface area contributed by atoms with Crippen LogP contribution in [0.2, 0.25) is 5.15 Å². The molecule has 1 aromatic heterocycles. The molecule has 0 saturated heterocycles. The fourth-order valence-electron chi connectivity index (χ4n) is 1.46. The van der Waals surface area contributed by atoms with Crippen molar-refractivity contribution in [2.75, 3.05) is 4.90 Å². The highest BCUT2D eigenvalue weighted by molar-refractivity contribution is 6.29. The molecule has 0 radical (unpaired) electrons. The van der Waals surface area contributed by atoms with Gasteiger partial charge in [0.2, 0.25) is 0 Å². The van der Waals surface area contributed by atoms with Crippen molar-refractivity contribution in [2.24, 2.45) is 5.73 Å². The Morgan fingerprint density at radius 1 is 1.62 bits per heavy atom. The predicted octanol–water partition coefficient (Wildman–Crippen LogP) is 2.81. The van der Waals surface area contributed by atoms with Crippen LogP contribution in [0.25, 0.3) is 0 Å². The Hall–Kier alpha value is -1.29. The molecule has 0 fully saturated rings. The quantitative estimate of drug-likeness (QED) is 0.828. The third kappa shape index (κ3) is 2.64. The summed E-state index contributed by atoms with van der Waals surface area (Å²) in [4.78, 5) is 16.9. The van der Waals surface area contributed by atoms with Crippen LogP contribution >= 0.6 is 11.6 Å². The largest absolute Gasteiger partial charge is 0.351 e. The van der Waals surface area contributed by atoms with E-state index in [1.54, 1.807) is 18.3 Å². The monoisotopic (exact) mass is 241 g/mol. The second-order valence-corrected chi connectivity index (χ2v) is 4.56. The van der Waals surface area contributed by atoms with Gasteiger partial charge in [-0.25, -0.2) is 9.78 Å². The Bertz CT molecular complexity index is 393. The topological polar surface area (TPSA) is 59.2 Å². The summed E-state index contributed by atoms with van der Waals surface area (Å²) in [6, 6.07) is 2.85. The molecule has 0 aliphatic heterocycles. The Kier molecular flexibility index (Phi) is 3.75. The number of nitrogens with two attached hydrogens (primary N) is 1. The highest BCUT2D eigenvalue weighted by Gasteiger charge is 2.29. The first kappa shape index (κ1) is 12.8. The molecule has 1 aromatic rings. The molecular formula is C11H16ClN3O. The van der Waals surface area contributed by atoms with Gasteiger partial charge in [0.1, 0.15) is 5.15 Å². The second kappa shape index (κ2) is 4.70. The number of carbonyl (C=O) groups excluding carboxylic acids is 1. The summed E-state index contributed by atoms with van der Waals surface area (Å²) >= 11 is 5.80. The predicted molar refractivity (Wildman–Crippen MR) is 65.7 cm³/mol. The molecule has 0 unspecified atom stereocenters. The highest BCUT2D eigenvalue weighted by Crippen LogP contribution is 2.27. The van der Waals surface area contributed by atoms with Gasteiger partial charge in [-0.2, -0.15) is 0 Å². The molecule has 2 amide bonds. The lowest BCUT2D eigenvalue weighted by atomic mass is 9.99. The first-order valence-corrected chi connectivity index (χ1v) is 5.47. The molecule has 16 heavy (non-hydrogen) atoms. The van der Waals surface area contributed by atoms with E-state index in [4.69, 9.17) is 17.3 Å². The smallest absolute Gasteiger partial charge is 0.319 e. The minimum atomic E-state index is -0.492. The van der Waals surface area contributed by atoms with Crippen LogP contribution in [0.1, 0.15) is 27.2 Å². The molecule has 1 rings (SSSR count). The first-order valence-electron chi connectivity index (χ1n) is 5.09. The third-order valence-electron chi connectivity index (χ3n) is 2.66. The SMILES string of the molecule is CCC(C)(C)N(C(N)=O)c1ccnc(Cl)c1. The van der Waals surface area contributed by atoms with Crippen molar-refractivity contribution in [3.8, 4) is 0 Å². The summed E-state index contributed by atoms with van der Waals surface area (Å²) in [5.41, 5.74) is 5.72. The van der Waals surface area contributed by atoms with Crippen molar-refractivity contribution >= 4 is 23.3 Å². The molecule has 0 atom stereocenters. The molecule has 88 valence electrons. The van der Waals surface area contributed by atoms with E-state index in [9.17, 15) is 4.79 Å². The van der Waals surface area contributed by atoms with E-state index in [2.05, 4.69) is 4.98 Å². The maximum absolute atomic E-state index is 11.5. The van der Waals surface area contributed by atoms with Crippen LogP contribution in [0.5, 0.6) is 0 Å². The number of aromatic nitrogens is 1. The maximum atomic E-state index is 11.5. The number of primary amides is 1. The Morgan fingerprint density at radius 2 is 2.25 bits per heavy atom. The minimum absolute atomic E-state index is 0.343. The van der Waals surface area contributed by atoms with Crippen LogP contribution in [-0.4, -0.2) is 16.6 Å². The van der Waals surface area contributed by atoms with Gasteiger partial charge in [0, 0.05) is 11.7 Å². The third-order valence-corrected chi connectivity index (χ3v) is 2.87. The van der Waals surface area contributed by atoms with Crippen molar-refractivity contribution in [2.45, 2.75) is 32.7 Å². The van der Waals surface area contributed by atoms with Gasteiger partial charge in [-0.3, -0.25) is 4.90 Å².